The van der Waals surface area contributed by atoms with Gasteiger partial charge >= 0.3 is 11.9 Å². The summed E-state index contributed by atoms with van der Waals surface area (Å²) in [6.07, 6.45) is 7.25. The zero-order chi connectivity index (χ0) is 25.0. The van der Waals surface area contributed by atoms with Crippen LogP contribution in [0.4, 0.5) is 0 Å². The number of hydrogen-bond acceptors (Lipinski definition) is 7. The van der Waals surface area contributed by atoms with Crippen LogP contribution in [0.3, 0.4) is 0 Å². The number of hydrogen-bond donors (Lipinski definition) is 2. The van der Waals surface area contributed by atoms with Crippen molar-refractivity contribution in [2.24, 2.45) is 17.8 Å². The van der Waals surface area contributed by atoms with Crippen LogP contribution in [0.2, 0.25) is 0 Å². The number of methoxy groups -OCH3 is 1. The minimum atomic E-state index is -0.696. The van der Waals surface area contributed by atoms with E-state index >= 15 is 0 Å². The smallest absolute Gasteiger partial charge is 0.331 e. The number of carbonyl (C=O) groups is 2. The second kappa shape index (κ2) is 15.0. The van der Waals surface area contributed by atoms with Crippen LogP contribution in [0.25, 0.3) is 0 Å². The van der Waals surface area contributed by atoms with Crippen molar-refractivity contribution in [3.05, 3.63) is 35.5 Å². The third kappa shape index (κ3) is 10.2. The molecular formula is C26H42O7. The average Bonchev–Trinajstić information content (AvgIpc) is 2.77. The van der Waals surface area contributed by atoms with Crippen LogP contribution >= 0.6 is 0 Å². The normalized spacial score (nSPS) is 25.0. The maximum Gasteiger partial charge on any atom is 0.331 e. The maximum absolute atomic E-state index is 12.6. The van der Waals surface area contributed by atoms with Gasteiger partial charge in [-0.3, -0.25) is 4.79 Å². The number of aliphatic hydroxyl groups is 2. The van der Waals surface area contributed by atoms with Gasteiger partial charge in [-0.25, -0.2) is 4.79 Å². The van der Waals surface area contributed by atoms with Crippen molar-refractivity contribution in [1.29, 1.82) is 0 Å². The van der Waals surface area contributed by atoms with E-state index in [1.807, 2.05) is 20.8 Å². The van der Waals surface area contributed by atoms with E-state index in [2.05, 4.69) is 19.9 Å². The van der Waals surface area contributed by atoms with E-state index in [0.717, 1.165) is 18.4 Å². The van der Waals surface area contributed by atoms with Crippen molar-refractivity contribution in [1.82, 2.24) is 0 Å². The molecule has 7 heteroatoms. The third-order valence-electron chi connectivity index (χ3n) is 6.09. The lowest BCUT2D eigenvalue weighted by molar-refractivity contribution is -0.200. The van der Waals surface area contributed by atoms with Gasteiger partial charge in [0.2, 0.25) is 0 Å². The summed E-state index contributed by atoms with van der Waals surface area (Å²) in [5.74, 6) is -0.703. The highest BCUT2D eigenvalue weighted by molar-refractivity contribution is 5.83. The quantitative estimate of drug-likeness (QED) is 0.184. The van der Waals surface area contributed by atoms with Crippen LogP contribution in [0.5, 0.6) is 0 Å². The molecule has 1 aliphatic heterocycles. The molecule has 1 heterocycles. The molecule has 0 unspecified atom stereocenters. The molecule has 1 fully saturated rings. The topological polar surface area (TPSA) is 102 Å². The van der Waals surface area contributed by atoms with Gasteiger partial charge in [0.25, 0.3) is 0 Å². The minimum absolute atomic E-state index is 0.0150. The zero-order valence-corrected chi connectivity index (χ0v) is 21.0. The molecule has 1 aliphatic rings. The molecule has 2 N–H and O–H groups in total. The van der Waals surface area contributed by atoms with E-state index in [4.69, 9.17) is 19.3 Å². The molecule has 0 aliphatic carbocycles. The van der Waals surface area contributed by atoms with Gasteiger partial charge < -0.3 is 24.4 Å². The number of rotatable bonds is 13. The molecule has 0 aromatic carbocycles. The highest BCUT2D eigenvalue weighted by atomic mass is 16.6. The fourth-order valence-corrected chi connectivity index (χ4v) is 4.27. The number of aliphatic hydroxyl groups excluding tert-OH is 2. The molecule has 0 saturated carbocycles. The van der Waals surface area contributed by atoms with Crippen LogP contribution in [-0.2, 0) is 23.8 Å². The maximum atomic E-state index is 12.6. The summed E-state index contributed by atoms with van der Waals surface area (Å²) < 4.78 is 16.9. The fourth-order valence-electron chi connectivity index (χ4n) is 4.27. The van der Waals surface area contributed by atoms with Crippen LogP contribution in [0, 0.1) is 17.8 Å². The van der Waals surface area contributed by atoms with Gasteiger partial charge in [0.05, 0.1) is 6.42 Å². The molecule has 188 valence electrons. The molecule has 0 aromatic rings. The van der Waals surface area contributed by atoms with E-state index in [-0.39, 0.29) is 37.4 Å². The summed E-state index contributed by atoms with van der Waals surface area (Å²) >= 11 is 0. The molecule has 0 radical (unpaired) electrons. The monoisotopic (exact) mass is 466 g/mol. The van der Waals surface area contributed by atoms with Gasteiger partial charge in [0.1, 0.15) is 12.2 Å². The Labute approximate surface area is 198 Å². The first-order chi connectivity index (χ1) is 15.6. The molecule has 6 atom stereocenters. The fraction of sp³-hybridized carbons (Fsp3) is 0.692. The Morgan fingerprint density at radius 1 is 1.24 bits per heavy atom. The summed E-state index contributed by atoms with van der Waals surface area (Å²) in [5, 5.41) is 18.4. The van der Waals surface area contributed by atoms with Crippen LogP contribution in [0.15, 0.2) is 35.5 Å². The largest absolute Gasteiger partial charge is 0.458 e. The van der Waals surface area contributed by atoms with E-state index < -0.39 is 24.3 Å². The Morgan fingerprint density at radius 3 is 2.52 bits per heavy atom. The molecule has 33 heavy (non-hydrogen) atoms. The number of carbonyl (C=O) groups excluding carboxylic acids is 2. The zero-order valence-electron chi connectivity index (χ0n) is 21.0. The molecule has 1 rings (SSSR count). The number of esters is 2. The first-order valence-corrected chi connectivity index (χ1v) is 11.8. The Morgan fingerprint density at radius 2 is 1.94 bits per heavy atom. The Bertz CT molecular complexity index is 709. The number of cyclic esters (lactones) is 1. The Kier molecular flexibility index (Phi) is 13.3. The number of allylic oxidation sites excluding steroid dienone is 4. The second-order valence-corrected chi connectivity index (χ2v) is 9.19. The van der Waals surface area contributed by atoms with Crippen molar-refractivity contribution in [2.75, 3.05) is 20.3 Å². The first kappa shape index (κ1) is 29.1. The minimum Gasteiger partial charge on any atom is -0.458 e. The van der Waals surface area contributed by atoms with Gasteiger partial charge in [0.15, 0.2) is 6.10 Å². The number of ether oxygens (including phenoxy) is 3. The SMILES string of the molecule is C/C=C(\C)C[C@@H](C)C[C@@H](C)[C@H]1OC(=O)C[C@@H](OC)[C@H]1OC(=O)/C=C/C(C)=C/[C@H](CO)CCO. The standard InChI is InChI=1S/C26H42O7/c1-7-17(2)12-19(4)13-20(5)25-26(22(31-6)15-24(30)33-25)32-23(29)9-8-18(3)14-21(16-28)10-11-27/h7-9,14,19-22,25-28H,10-13,15-16H2,1-6H3/b9-8+,17-7+,18-14+/t19-,20-,21-,22-,25-,26-/m1/s1. The molecule has 7 nitrogen and oxygen atoms in total. The lowest BCUT2D eigenvalue weighted by atomic mass is 9.84. The van der Waals surface area contributed by atoms with Crippen LogP contribution in [0.1, 0.15) is 60.3 Å². The second-order valence-electron chi connectivity index (χ2n) is 9.19. The van der Waals surface area contributed by atoms with Crippen LogP contribution in [-0.4, -0.2) is 60.8 Å². The highest BCUT2D eigenvalue weighted by Gasteiger charge is 2.44. The average molecular weight is 467 g/mol. The summed E-state index contributed by atoms with van der Waals surface area (Å²) in [5.41, 5.74) is 2.08. The van der Waals surface area contributed by atoms with Gasteiger partial charge in [-0.15, -0.1) is 0 Å². The predicted octanol–water partition coefficient (Wildman–Crippen LogP) is 3.74. The van der Waals surface area contributed by atoms with E-state index in [9.17, 15) is 14.7 Å². The van der Waals surface area contributed by atoms with Crippen molar-refractivity contribution < 1.29 is 34.0 Å². The Balaban J connectivity index is 2.91. The molecule has 0 bridgehead atoms. The van der Waals surface area contributed by atoms with Crippen molar-refractivity contribution in [2.45, 2.75) is 78.6 Å². The van der Waals surface area contributed by atoms with Crippen molar-refractivity contribution in [3.63, 3.8) is 0 Å². The predicted molar refractivity (Wildman–Crippen MR) is 127 cm³/mol. The van der Waals surface area contributed by atoms with E-state index in [1.54, 1.807) is 12.2 Å². The van der Waals surface area contributed by atoms with E-state index in [0.29, 0.717) is 12.3 Å². The highest BCUT2D eigenvalue weighted by Crippen LogP contribution is 2.31. The lowest BCUT2D eigenvalue weighted by Gasteiger charge is -2.39. The molecule has 0 aromatic heterocycles. The lowest BCUT2D eigenvalue weighted by Crippen LogP contribution is -2.52. The first-order valence-electron chi connectivity index (χ1n) is 11.8. The van der Waals surface area contributed by atoms with Gasteiger partial charge in [-0.1, -0.05) is 43.2 Å². The summed E-state index contributed by atoms with van der Waals surface area (Å²) in [4.78, 5) is 24.8. The third-order valence-corrected chi connectivity index (χ3v) is 6.09. The molecule has 1 saturated heterocycles. The Hall–Kier alpha value is -1.96. The van der Waals surface area contributed by atoms with Crippen LogP contribution < -0.4 is 0 Å². The summed E-state index contributed by atoms with van der Waals surface area (Å²) in [6, 6.07) is 0. The van der Waals surface area contributed by atoms with Gasteiger partial charge in [-0.2, -0.15) is 0 Å². The van der Waals surface area contributed by atoms with Crippen molar-refractivity contribution in [3.8, 4) is 0 Å². The molecular weight excluding hydrogens is 424 g/mol. The molecule has 0 spiro atoms. The van der Waals surface area contributed by atoms with E-state index in [1.165, 1.54) is 18.8 Å². The summed E-state index contributed by atoms with van der Waals surface area (Å²) in [6.45, 7) is 10.0. The molecule has 0 amide bonds. The van der Waals surface area contributed by atoms with Gasteiger partial charge in [0, 0.05) is 32.3 Å². The summed E-state index contributed by atoms with van der Waals surface area (Å²) in [7, 11) is 1.50. The van der Waals surface area contributed by atoms with Crippen molar-refractivity contribution >= 4 is 11.9 Å². The van der Waals surface area contributed by atoms with Gasteiger partial charge in [-0.05, 0) is 51.9 Å².